The van der Waals surface area contributed by atoms with Crippen LogP contribution in [0.2, 0.25) is 78.6 Å². The lowest BCUT2D eigenvalue weighted by Crippen LogP contribution is -2.57. The monoisotopic (exact) mass is 511 g/mol. The van der Waals surface area contributed by atoms with E-state index in [1.807, 2.05) is 0 Å². The molecule has 0 unspecified atom stereocenters. The average Bonchev–Trinajstić information content (AvgIpc) is 2.51. The van der Waals surface area contributed by atoms with Gasteiger partial charge in [-0.25, -0.2) is 0 Å². The first kappa shape index (κ1) is 31.1. The van der Waals surface area contributed by atoms with E-state index in [4.69, 9.17) is 27.3 Å². The minimum absolute atomic E-state index is 0.265. The highest BCUT2D eigenvalue weighted by Crippen LogP contribution is 2.26. The Morgan fingerprint density at radius 2 is 1.13 bits per heavy atom. The number of methoxy groups -OCH3 is 1. The molecule has 0 fully saturated rings. The smallest absolute Gasteiger partial charge is 0.184 e. The predicted molar refractivity (Wildman–Crippen MR) is 140 cm³/mol. The summed E-state index contributed by atoms with van der Waals surface area (Å²) in [6.45, 7) is 26.5. The van der Waals surface area contributed by atoms with Gasteiger partial charge in [0.15, 0.2) is 33.3 Å². The number of hydrogen-bond acceptors (Lipinski definition) is 7. The van der Waals surface area contributed by atoms with Gasteiger partial charge in [-0.2, -0.15) is 0 Å². The highest BCUT2D eigenvalue weighted by molar-refractivity contribution is 6.71. The van der Waals surface area contributed by atoms with Crippen molar-refractivity contribution in [3.63, 3.8) is 0 Å². The number of nitrogens with zero attached hydrogens (tertiary/aromatic N) is 1. The van der Waals surface area contributed by atoms with Gasteiger partial charge in [-0.1, -0.05) is 5.16 Å². The fourth-order valence-corrected chi connectivity index (χ4v) is 6.80. The van der Waals surface area contributed by atoms with Gasteiger partial charge in [0.2, 0.25) is 0 Å². The normalized spacial score (nSPS) is 18.1. The third-order valence-electron chi connectivity index (χ3n) is 3.76. The highest BCUT2D eigenvalue weighted by Gasteiger charge is 2.42. The summed E-state index contributed by atoms with van der Waals surface area (Å²) in [5.74, 6) is 0. The molecule has 11 heteroatoms. The summed E-state index contributed by atoms with van der Waals surface area (Å²) in [5.41, 5.74) is 0. The van der Waals surface area contributed by atoms with Crippen LogP contribution in [0.25, 0.3) is 0 Å². The van der Waals surface area contributed by atoms with E-state index in [1.165, 1.54) is 7.11 Å². The van der Waals surface area contributed by atoms with Gasteiger partial charge in [0.1, 0.15) is 25.4 Å². The van der Waals surface area contributed by atoms with Crippen molar-refractivity contribution < 1.29 is 27.3 Å². The van der Waals surface area contributed by atoms with Crippen LogP contribution in [0.3, 0.4) is 0 Å². The Balaban J connectivity index is 6.28. The lowest BCUT2D eigenvalue weighted by Gasteiger charge is -2.42. The number of ether oxygens (including phenoxy) is 1. The molecule has 0 saturated heterocycles. The maximum absolute atomic E-state index is 6.72. The Bertz CT molecular complexity index is 538. The number of rotatable bonds is 15. The van der Waals surface area contributed by atoms with Crippen molar-refractivity contribution in [2.24, 2.45) is 5.16 Å². The lowest BCUT2D eigenvalue weighted by atomic mass is 10.0. The molecule has 0 saturated carbocycles. The summed E-state index contributed by atoms with van der Waals surface area (Å²) in [5, 5.41) is 4.01. The van der Waals surface area contributed by atoms with Crippen molar-refractivity contribution in [2.75, 3.05) is 20.8 Å². The first-order valence-electron chi connectivity index (χ1n) is 11.0. The fraction of sp³-hybridized carbons (Fsp3) is 0.950. The standard InChI is InChI=1S/C20H49NO6Si4/c1-22-19(17(15-21-23-2)25-29(6,7)8)20(27-31(12,13)14)18(26-30(9,10)11)16-24-28(3,4)5/h15,17-20H,16H2,1-14H3/b21-15-/t17-,18+,19+,20+/m0/s1. The molecule has 0 aromatic heterocycles. The van der Waals surface area contributed by atoms with Gasteiger partial charge in [-0.3, -0.25) is 0 Å². The van der Waals surface area contributed by atoms with Gasteiger partial charge >= 0.3 is 0 Å². The first-order chi connectivity index (χ1) is 13.8. The molecule has 4 atom stereocenters. The summed E-state index contributed by atoms with van der Waals surface area (Å²) in [7, 11) is -4.30. The molecule has 0 aromatic rings. The molecule has 0 N–H and O–H groups in total. The quantitative estimate of drug-likeness (QED) is 0.172. The summed E-state index contributed by atoms with van der Waals surface area (Å²) in [6, 6.07) is 0. The van der Waals surface area contributed by atoms with Crippen LogP contribution in [0.5, 0.6) is 0 Å². The lowest BCUT2D eigenvalue weighted by molar-refractivity contribution is -0.0965. The number of hydrogen-bond donors (Lipinski definition) is 0. The van der Waals surface area contributed by atoms with Crippen LogP contribution in [0.4, 0.5) is 0 Å². The summed E-state index contributed by atoms with van der Waals surface area (Å²) in [6.07, 6.45) is 0.224. The zero-order valence-corrected chi connectivity index (χ0v) is 26.5. The zero-order valence-electron chi connectivity index (χ0n) is 22.5. The van der Waals surface area contributed by atoms with E-state index in [0.717, 1.165) is 0 Å². The molecule has 0 rings (SSSR count). The van der Waals surface area contributed by atoms with Crippen molar-refractivity contribution in [1.29, 1.82) is 0 Å². The summed E-state index contributed by atoms with van der Waals surface area (Å²) in [4.78, 5) is 4.97. The molecule has 0 spiro atoms. The van der Waals surface area contributed by atoms with Crippen molar-refractivity contribution >= 4 is 39.5 Å². The van der Waals surface area contributed by atoms with Crippen LogP contribution in [0.1, 0.15) is 0 Å². The second-order valence-corrected chi connectivity index (χ2v) is 29.6. The first-order valence-corrected chi connectivity index (χ1v) is 24.7. The maximum Gasteiger partial charge on any atom is 0.184 e. The van der Waals surface area contributed by atoms with Crippen LogP contribution >= 0.6 is 0 Å². The molecule has 0 aliphatic carbocycles. The van der Waals surface area contributed by atoms with E-state index in [9.17, 15) is 0 Å². The van der Waals surface area contributed by atoms with Crippen LogP contribution in [0.15, 0.2) is 5.16 Å². The van der Waals surface area contributed by atoms with E-state index in [2.05, 4.69) is 83.7 Å². The SMILES string of the molecule is CO/N=C\[C@H](O[Si](C)(C)C)[C@@H](OC)[C@H](O[Si](C)(C)C)[C@@H](CO[Si](C)(C)C)O[Si](C)(C)C. The van der Waals surface area contributed by atoms with Gasteiger partial charge in [0.25, 0.3) is 0 Å². The molecule has 0 aromatic carbocycles. The van der Waals surface area contributed by atoms with E-state index >= 15 is 0 Å². The van der Waals surface area contributed by atoms with Crippen LogP contribution in [-0.4, -0.2) is 84.7 Å². The summed E-state index contributed by atoms with van der Waals surface area (Å²) < 4.78 is 32.2. The molecule has 0 amide bonds. The third-order valence-corrected chi connectivity index (χ3v) is 7.77. The molecule has 31 heavy (non-hydrogen) atoms. The van der Waals surface area contributed by atoms with E-state index in [1.54, 1.807) is 13.3 Å². The van der Waals surface area contributed by atoms with Gasteiger partial charge in [0.05, 0.1) is 18.9 Å². The predicted octanol–water partition coefficient (Wildman–Crippen LogP) is 5.15. The molecule has 0 bridgehead atoms. The molecule has 0 aliphatic heterocycles. The molecule has 7 nitrogen and oxygen atoms in total. The van der Waals surface area contributed by atoms with Crippen molar-refractivity contribution in [2.45, 2.75) is 103 Å². The van der Waals surface area contributed by atoms with E-state index < -0.39 is 45.5 Å². The molecule has 0 radical (unpaired) electrons. The van der Waals surface area contributed by atoms with Gasteiger partial charge in [-0.15, -0.1) is 0 Å². The van der Waals surface area contributed by atoms with Gasteiger partial charge in [0, 0.05) is 7.11 Å². The van der Waals surface area contributed by atoms with E-state index in [-0.39, 0.29) is 12.2 Å². The zero-order chi connectivity index (χ0) is 24.7. The third kappa shape index (κ3) is 15.6. The largest absolute Gasteiger partial charge is 0.415 e. The van der Waals surface area contributed by atoms with Crippen LogP contribution < -0.4 is 0 Å². The fourth-order valence-electron chi connectivity index (χ4n) is 2.91. The molecule has 0 heterocycles. The molecule has 186 valence electrons. The van der Waals surface area contributed by atoms with Crippen LogP contribution in [0, 0.1) is 0 Å². The van der Waals surface area contributed by atoms with Crippen molar-refractivity contribution in [1.82, 2.24) is 0 Å². The van der Waals surface area contributed by atoms with Crippen molar-refractivity contribution in [3.8, 4) is 0 Å². The van der Waals surface area contributed by atoms with Gasteiger partial charge < -0.3 is 27.3 Å². The minimum atomic E-state index is -1.96. The Morgan fingerprint density at radius 3 is 1.48 bits per heavy atom. The van der Waals surface area contributed by atoms with Gasteiger partial charge in [-0.05, 0) is 78.6 Å². The molecular weight excluding hydrogens is 463 g/mol. The average molecular weight is 512 g/mol. The Labute approximate surface area is 195 Å². The highest BCUT2D eigenvalue weighted by atomic mass is 28.4. The molecular formula is C20H49NO6Si4. The van der Waals surface area contributed by atoms with Crippen molar-refractivity contribution in [3.05, 3.63) is 0 Å². The Kier molecular flexibility index (Phi) is 12.6. The summed E-state index contributed by atoms with van der Waals surface area (Å²) >= 11 is 0. The minimum Gasteiger partial charge on any atom is -0.415 e. The number of oxime groups is 1. The Morgan fingerprint density at radius 1 is 0.645 bits per heavy atom. The van der Waals surface area contributed by atoms with E-state index in [0.29, 0.717) is 6.61 Å². The van der Waals surface area contributed by atoms with Crippen LogP contribution in [-0.2, 0) is 27.3 Å². The molecule has 0 aliphatic rings. The topological polar surface area (TPSA) is 67.7 Å². The second-order valence-electron chi connectivity index (χ2n) is 11.7. The Hall–Kier alpha value is 0.138. The maximum atomic E-state index is 6.72. The second kappa shape index (κ2) is 12.6.